The van der Waals surface area contributed by atoms with Crippen molar-refractivity contribution in [3.05, 3.63) is 51.9 Å². The Morgan fingerprint density at radius 1 is 1.15 bits per heavy atom. The number of aromatic nitrogens is 1. The Morgan fingerprint density at radius 2 is 1.78 bits per heavy atom. The van der Waals surface area contributed by atoms with Crippen LogP contribution in [-0.2, 0) is 16.0 Å². The van der Waals surface area contributed by atoms with Crippen molar-refractivity contribution in [1.82, 2.24) is 9.88 Å². The summed E-state index contributed by atoms with van der Waals surface area (Å²) in [4.78, 5) is 28.0. The second-order valence-corrected chi connectivity index (χ2v) is 7.86. The van der Waals surface area contributed by atoms with Crippen molar-refractivity contribution in [2.75, 3.05) is 20.1 Å². The Hall–Kier alpha value is -2.51. The molecule has 1 aliphatic heterocycles. The molecule has 7 heteroatoms. The van der Waals surface area contributed by atoms with Gasteiger partial charge in [-0.25, -0.2) is 14.6 Å². The van der Waals surface area contributed by atoms with E-state index in [9.17, 15) is 9.59 Å². The summed E-state index contributed by atoms with van der Waals surface area (Å²) < 4.78 is 0. The molecule has 0 unspecified atom stereocenters. The highest BCUT2D eigenvalue weighted by atomic mass is 32.1. The highest BCUT2D eigenvalue weighted by Gasteiger charge is 2.27. The lowest BCUT2D eigenvalue weighted by molar-refractivity contribution is -0.134. The summed E-state index contributed by atoms with van der Waals surface area (Å²) in [5, 5.41) is 17.0. The van der Waals surface area contributed by atoms with Gasteiger partial charge in [-0.15, -0.1) is 11.3 Å². The quantitative estimate of drug-likeness (QED) is 0.672. The van der Waals surface area contributed by atoms with E-state index in [0.29, 0.717) is 18.1 Å². The maximum Gasteiger partial charge on any atom is 0.328 e. The van der Waals surface area contributed by atoms with Crippen LogP contribution in [0.5, 0.6) is 0 Å². The number of thiazole rings is 1. The zero-order chi connectivity index (χ0) is 19.4. The van der Waals surface area contributed by atoms with Crippen LogP contribution in [0.1, 0.15) is 34.2 Å². The van der Waals surface area contributed by atoms with Crippen LogP contribution in [0.25, 0.3) is 11.3 Å². The highest BCUT2D eigenvalue weighted by molar-refractivity contribution is 7.12. The SMILES string of the molecule is CN1CCC(c2nc3c(s2)Cc2ccccc2-3)CC1.O=C(O)/C=C/C(=O)O. The van der Waals surface area contributed by atoms with Crippen LogP contribution in [0.3, 0.4) is 0 Å². The Kier molecular flexibility index (Phi) is 6.03. The first-order chi connectivity index (χ1) is 12.9. The topological polar surface area (TPSA) is 90.7 Å². The van der Waals surface area contributed by atoms with E-state index in [1.807, 2.05) is 11.3 Å². The molecule has 2 aromatic rings. The first kappa shape index (κ1) is 19.3. The molecule has 0 radical (unpaired) electrons. The van der Waals surface area contributed by atoms with Gasteiger partial charge in [0, 0.05) is 34.9 Å². The van der Waals surface area contributed by atoms with Gasteiger partial charge in [0.2, 0.25) is 0 Å². The highest BCUT2D eigenvalue weighted by Crippen LogP contribution is 2.42. The molecule has 0 spiro atoms. The molecule has 1 aromatic heterocycles. The Labute approximate surface area is 161 Å². The smallest absolute Gasteiger partial charge is 0.328 e. The largest absolute Gasteiger partial charge is 0.478 e. The molecule has 1 fully saturated rings. The van der Waals surface area contributed by atoms with Crippen LogP contribution < -0.4 is 0 Å². The summed E-state index contributed by atoms with van der Waals surface area (Å²) in [6, 6.07) is 8.72. The number of fused-ring (bicyclic) bond motifs is 3. The predicted octanol–water partition coefficient (Wildman–Crippen LogP) is 3.24. The second-order valence-electron chi connectivity index (χ2n) is 6.75. The van der Waals surface area contributed by atoms with E-state index in [1.165, 1.54) is 52.6 Å². The van der Waals surface area contributed by atoms with Gasteiger partial charge in [-0.3, -0.25) is 0 Å². The molecule has 4 rings (SSSR count). The zero-order valence-electron chi connectivity index (χ0n) is 15.1. The molecule has 1 aromatic carbocycles. The second kappa shape index (κ2) is 8.45. The Balaban J connectivity index is 0.000000226. The molecule has 2 heterocycles. The molecular formula is C20H22N2O4S. The molecule has 0 atom stereocenters. The van der Waals surface area contributed by atoms with Crippen LogP contribution in [0.15, 0.2) is 36.4 Å². The predicted molar refractivity (Wildman–Crippen MR) is 104 cm³/mol. The van der Waals surface area contributed by atoms with Gasteiger partial charge < -0.3 is 15.1 Å². The van der Waals surface area contributed by atoms with Crippen molar-refractivity contribution in [2.24, 2.45) is 0 Å². The minimum atomic E-state index is -1.26. The van der Waals surface area contributed by atoms with Crippen LogP contribution in [0.2, 0.25) is 0 Å². The van der Waals surface area contributed by atoms with Crippen LogP contribution in [0.4, 0.5) is 0 Å². The number of hydrogen-bond donors (Lipinski definition) is 2. The molecule has 0 saturated carbocycles. The number of carbonyl (C=O) groups is 2. The number of carboxylic acid groups (broad SMARTS) is 2. The zero-order valence-corrected chi connectivity index (χ0v) is 15.9. The fourth-order valence-electron chi connectivity index (χ4n) is 3.35. The molecule has 142 valence electrons. The third-order valence-electron chi connectivity index (χ3n) is 4.77. The molecule has 0 bridgehead atoms. The number of piperidine rings is 1. The van der Waals surface area contributed by atoms with Crippen molar-refractivity contribution in [2.45, 2.75) is 25.2 Å². The van der Waals surface area contributed by atoms with Gasteiger partial charge in [0.05, 0.1) is 10.7 Å². The summed E-state index contributed by atoms with van der Waals surface area (Å²) in [6.07, 6.45) is 4.75. The van der Waals surface area contributed by atoms with E-state index in [4.69, 9.17) is 15.2 Å². The Morgan fingerprint density at radius 3 is 2.41 bits per heavy atom. The number of hydrogen-bond acceptors (Lipinski definition) is 5. The van der Waals surface area contributed by atoms with E-state index in [0.717, 1.165) is 6.42 Å². The Bertz CT molecular complexity index is 851. The lowest BCUT2D eigenvalue weighted by Crippen LogP contribution is -2.29. The van der Waals surface area contributed by atoms with E-state index in [-0.39, 0.29) is 0 Å². The van der Waals surface area contributed by atoms with Crippen LogP contribution in [-0.4, -0.2) is 52.2 Å². The fourth-order valence-corrected chi connectivity index (χ4v) is 4.62. The van der Waals surface area contributed by atoms with Crippen molar-refractivity contribution in [3.8, 4) is 11.3 Å². The van der Waals surface area contributed by atoms with Gasteiger partial charge >= 0.3 is 11.9 Å². The van der Waals surface area contributed by atoms with Gasteiger partial charge in [-0.05, 0) is 38.5 Å². The van der Waals surface area contributed by atoms with Gasteiger partial charge in [0.25, 0.3) is 0 Å². The number of benzene rings is 1. The minimum absolute atomic E-state index is 0.558. The summed E-state index contributed by atoms with van der Waals surface area (Å²) in [5.41, 5.74) is 4.09. The molecule has 2 N–H and O–H groups in total. The van der Waals surface area contributed by atoms with E-state index in [1.54, 1.807) is 0 Å². The fraction of sp³-hybridized carbons (Fsp3) is 0.350. The van der Waals surface area contributed by atoms with Crippen molar-refractivity contribution < 1.29 is 19.8 Å². The number of rotatable bonds is 3. The maximum atomic E-state index is 9.55. The lowest BCUT2D eigenvalue weighted by atomic mass is 9.98. The van der Waals surface area contributed by atoms with E-state index in [2.05, 4.69) is 36.2 Å². The van der Waals surface area contributed by atoms with E-state index < -0.39 is 11.9 Å². The minimum Gasteiger partial charge on any atom is -0.478 e. The van der Waals surface area contributed by atoms with Gasteiger partial charge in [-0.1, -0.05) is 24.3 Å². The van der Waals surface area contributed by atoms with Crippen molar-refractivity contribution in [3.63, 3.8) is 0 Å². The summed E-state index contributed by atoms with van der Waals surface area (Å²) in [7, 11) is 2.22. The van der Waals surface area contributed by atoms with Gasteiger partial charge in [-0.2, -0.15) is 0 Å². The summed E-state index contributed by atoms with van der Waals surface area (Å²) in [6.45, 7) is 2.43. The molecule has 0 amide bonds. The normalized spacial score (nSPS) is 16.5. The number of likely N-dealkylation sites (tertiary alicyclic amines) is 1. The average Bonchev–Trinajstić information content (AvgIpc) is 3.19. The number of nitrogens with zero attached hydrogens (tertiary/aromatic N) is 2. The maximum absolute atomic E-state index is 9.55. The first-order valence-corrected chi connectivity index (χ1v) is 9.66. The van der Waals surface area contributed by atoms with Gasteiger partial charge in [0.1, 0.15) is 0 Å². The molecule has 6 nitrogen and oxygen atoms in total. The lowest BCUT2D eigenvalue weighted by Gasteiger charge is -2.27. The third kappa shape index (κ3) is 4.81. The monoisotopic (exact) mass is 386 g/mol. The molecule has 1 saturated heterocycles. The summed E-state index contributed by atoms with van der Waals surface area (Å²) >= 11 is 1.96. The van der Waals surface area contributed by atoms with Crippen molar-refractivity contribution >= 4 is 23.3 Å². The van der Waals surface area contributed by atoms with Crippen LogP contribution >= 0.6 is 11.3 Å². The van der Waals surface area contributed by atoms with Crippen molar-refractivity contribution in [1.29, 1.82) is 0 Å². The first-order valence-electron chi connectivity index (χ1n) is 8.84. The molecule has 27 heavy (non-hydrogen) atoms. The van der Waals surface area contributed by atoms with Crippen LogP contribution in [0, 0.1) is 0 Å². The molecular weight excluding hydrogens is 364 g/mol. The number of aliphatic carboxylic acids is 2. The molecule has 1 aliphatic carbocycles. The molecule has 2 aliphatic rings. The average molecular weight is 386 g/mol. The van der Waals surface area contributed by atoms with Gasteiger partial charge in [0.15, 0.2) is 0 Å². The number of carboxylic acids is 2. The third-order valence-corrected chi connectivity index (χ3v) is 5.99. The van der Waals surface area contributed by atoms with E-state index >= 15 is 0 Å². The summed E-state index contributed by atoms with van der Waals surface area (Å²) in [5.74, 6) is -1.82. The standard InChI is InChI=1S/C16H18N2S.C4H4O4/c1-18-8-6-11(7-9-18)16-17-15-13-5-3-2-4-12(13)10-14(15)19-16;5-3(6)1-2-4(7)8/h2-5,11H,6-10H2,1H3;1-2H,(H,5,6)(H,7,8)/b;2-1+.